The second kappa shape index (κ2) is 12.2. The summed E-state index contributed by atoms with van der Waals surface area (Å²) < 4.78 is 12.8. The quantitative estimate of drug-likeness (QED) is 0.263. The number of aliphatic imine (C=N–C) groups is 1. The van der Waals surface area contributed by atoms with Crippen LogP contribution in [0.25, 0.3) is 0 Å². The van der Waals surface area contributed by atoms with Gasteiger partial charge in [-0.1, -0.05) is 19.1 Å². The fourth-order valence-electron chi connectivity index (χ4n) is 2.95. The molecule has 0 radical (unpaired) electrons. The van der Waals surface area contributed by atoms with Crippen molar-refractivity contribution in [3.63, 3.8) is 0 Å². The molecular weight excluding hydrogens is 495 g/mol. The number of methoxy groups -OCH3 is 1. The van der Waals surface area contributed by atoms with Crippen molar-refractivity contribution < 1.29 is 9.15 Å². The summed E-state index contributed by atoms with van der Waals surface area (Å²) in [7, 11) is 3.66. The van der Waals surface area contributed by atoms with E-state index >= 15 is 0 Å². The monoisotopic (exact) mass is 524 g/mol. The summed E-state index contributed by atoms with van der Waals surface area (Å²) in [6.45, 7) is 4.77. The first kappa shape index (κ1) is 23.7. The Labute approximate surface area is 194 Å². The first-order chi connectivity index (χ1) is 14.2. The summed E-state index contributed by atoms with van der Waals surface area (Å²) in [6, 6.07) is 11.8. The molecule has 0 amide bonds. The smallest absolute Gasteiger partial charge is 0.194 e. The third-order valence-electron chi connectivity index (χ3n) is 4.55. The van der Waals surface area contributed by atoms with E-state index in [1.807, 2.05) is 43.4 Å². The summed E-state index contributed by atoms with van der Waals surface area (Å²) in [5, 5.41) is 11.6. The molecule has 8 nitrogen and oxygen atoms in total. The van der Waals surface area contributed by atoms with Crippen LogP contribution in [0.4, 0.5) is 0 Å². The van der Waals surface area contributed by atoms with E-state index < -0.39 is 0 Å². The van der Waals surface area contributed by atoms with Gasteiger partial charge in [0.2, 0.25) is 0 Å². The summed E-state index contributed by atoms with van der Waals surface area (Å²) >= 11 is 0. The Morgan fingerprint density at radius 3 is 2.73 bits per heavy atom. The Hall–Kier alpha value is -2.56. The molecule has 162 valence electrons. The van der Waals surface area contributed by atoms with Gasteiger partial charge >= 0.3 is 0 Å². The molecule has 0 aliphatic carbocycles. The van der Waals surface area contributed by atoms with Crippen LogP contribution >= 0.6 is 24.0 Å². The second-order valence-electron chi connectivity index (χ2n) is 6.64. The van der Waals surface area contributed by atoms with Crippen molar-refractivity contribution >= 4 is 29.9 Å². The van der Waals surface area contributed by atoms with Crippen LogP contribution in [0.1, 0.15) is 24.1 Å². The number of furan rings is 1. The molecule has 0 unspecified atom stereocenters. The Kier molecular flexibility index (Phi) is 9.65. The molecule has 3 rings (SSSR count). The number of aromatic nitrogens is 3. The van der Waals surface area contributed by atoms with Gasteiger partial charge in [-0.3, -0.25) is 0 Å². The van der Waals surface area contributed by atoms with Crippen LogP contribution in [0.2, 0.25) is 0 Å². The van der Waals surface area contributed by atoms with Crippen molar-refractivity contribution in [1.82, 2.24) is 25.0 Å². The van der Waals surface area contributed by atoms with E-state index in [-0.39, 0.29) is 24.0 Å². The number of rotatable bonds is 9. The van der Waals surface area contributed by atoms with Crippen LogP contribution in [0.15, 0.2) is 58.4 Å². The van der Waals surface area contributed by atoms with Crippen LogP contribution in [0.3, 0.4) is 0 Å². The molecule has 30 heavy (non-hydrogen) atoms. The molecule has 1 N–H and O–H groups in total. The van der Waals surface area contributed by atoms with Gasteiger partial charge in [0.05, 0.1) is 26.5 Å². The van der Waals surface area contributed by atoms with Gasteiger partial charge in [0, 0.05) is 26.6 Å². The minimum absolute atomic E-state index is 0. The molecule has 1 aromatic carbocycles. The highest BCUT2D eigenvalue weighted by Gasteiger charge is 2.10. The predicted molar refractivity (Wildman–Crippen MR) is 127 cm³/mol. The van der Waals surface area contributed by atoms with Gasteiger partial charge in [-0.05, 0) is 29.8 Å². The lowest BCUT2D eigenvalue weighted by Crippen LogP contribution is -2.40. The van der Waals surface area contributed by atoms with Gasteiger partial charge in [-0.15, -0.1) is 34.2 Å². The van der Waals surface area contributed by atoms with Crippen LogP contribution in [0.5, 0.6) is 5.75 Å². The van der Waals surface area contributed by atoms with E-state index in [9.17, 15) is 0 Å². The van der Waals surface area contributed by atoms with Crippen molar-refractivity contribution in [1.29, 1.82) is 0 Å². The van der Waals surface area contributed by atoms with Crippen molar-refractivity contribution in [3.8, 4) is 5.75 Å². The topological polar surface area (TPSA) is 80.7 Å². The maximum absolute atomic E-state index is 5.48. The molecule has 2 aromatic heterocycles. The standard InChI is InChI=1S/C21H28N6O2.HI/c1-4-20-25-24-16-27(20)12-11-22-21(26(2)15-19-6-5-13-29-19)23-14-17-7-9-18(28-3)10-8-17;/h5-10,13,16H,4,11-12,14-15H2,1-3H3,(H,22,23);1H. The Bertz CT molecular complexity index is 893. The van der Waals surface area contributed by atoms with E-state index in [4.69, 9.17) is 14.1 Å². The SMILES string of the molecule is CCc1nncn1CCNC(=NCc1ccc(OC)cc1)N(C)Cc1ccco1.I. The third-order valence-corrected chi connectivity index (χ3v) is 4.55. The molecule has 0 saturated heterocycles. The number of aryl methyl sites for hydroxylation is 1. The van der Waals surface area contributed by atoms with E-state index in [0.717, 1.165) is 48.4 Å². The number of halogens is 1. The lowest BCUT2D eigenvalue weighted by atomic mass is 10.2. The number of nitrogens with zero attached hydrogens (tertiary/aromatic N) is 5. The first-order valence-corrected chi connectivity index (χ1v) is 9.71. The molecule has 0 spiro atoms. The lowest BCUT2D eigenvalue weighted by Gasteiger charge is -2.22. The second-order valence-corrected chi connectivity index (χ2v) is 6.64. The third kappa shape index (κ3) is 6.75. The molecule has 0 fully saturated rings. The molecular formula is C21H29IN6O2. The van der Waals surface area contributed by atoms with Gasteiger partial charge in [-0.2, -0.15) is 0 Å². The van der Waals surface area contributed by atoms with Crippen LogP contribution in [0, 0.1) is 0 Å². The zero-order chi connectivity index (χ0) is 20.5. The van der Waals surface area contributed by atoms with Crippen molar-refractivity contribution in [2.75, 3.05) is 20.7 Å². The zero-order valence-electron chi connectivity index (χ0n) is 17.6. The van der Waals surface area contributed by atoms with E-state index in [0.29, 0.717) is 13.1 Å². The van der Waals surface area contributed by atoms with Gasteiger partial charge in [-0.25, -0.2) is 4.99 Å². The van der Waals surface area contributed by atoms with Crippen LogP contribution in [-0.4, -0.2) is 46.3 Å². The summed E-state index contributed by atoms with van der Waals surface area (Å²) in [5.41, 5.74) is 1.11. The number of nitrogens with one attached hydrogen (secondary N) is 1. The lowest BCUT2D eigenvalue weighted by molar-refractivity contribution is 0.398. The van der Waals surface area contributed by atoms with Crippen LogP contribution < -0.4 is 10.1 Å². The molecule has 0 aliphatic rings. The highest BCUT2D eigenvalue weighted by atomic mass is 127. The fraction of sp³-hybridized carbons (Fsp3) is 0.381. The molecule has 9 heteroatoms. The first-order valence-electron chi connectivity index (χ1n) is 9.71. The van der Waals surface area contributed by atoms with Gasteiger partial charge in [0.1, 0.15) is 23.7 Å². The molecule has 2 heterocycles. The number of hydrogen-bond donors (Lipinski definition) is 1. The van der Waals surface area contributed by atoms with Crippen molar-refractivity contribution in [3.05, 3.63) is 66.1 Å². The molecule has 0 atom stereocenters. The molecule has 0 bridgehead atoms. The van der Waals surface area contributed by atoms with Gasteiger partial charge in [0.25, 0.3) is 0 Å². The predicted octanol–water partition coefficient (Wildman–Crippen LogP) is 3.34. The van der Waals surface area contributed by atoms with E-state index in [1.165, 1.54) is 0 Å². The van der Waals surface area contributed by atoms with Crippen molar-refractivity contribution in [2.24, 2.45) is 4.99 Å². The number of ether oxygens (including phenoxy) is 1. The van der Waals surface area contributed by atoms with Crippen LogP contribution in [-0.2, 0) is 26.1 Å². The van der Waals surface area contributed by atoms with Gasteiger partial charge in [0.15, 0.2) is 5.96 Å². The molecule has 0 aliphatic heterocycles. The Morgan fingerprint density at radius 1 is 1.27 bits per heavy atom. The van der Waals surface area contributed by atoms with Crippen molar-refractivity contribution in [2.45, 2.75) is 33.0 Å². The minimum Gasteiger partial charge on any atom is -0.497 e. The minimum atomic E-state index is 0. The highest BCUT2D eigenvalue weighted by molar-refractivity contribution is 14.0. The van der Waals surface area contributed by atoms with E-state index in [1.54, 1.807) is 19.7 Å². The maximum Gasteiger partial charge on any atom is 0.194 e. The Balaban J connectivity index is 0.00000320. The number of guanidine groups is 1. The average molecular weight is 524 g/mol. The average Bonchev–Trinajstić information content (AvgIpc) is 3.42. The summed E-state index contributed by atoms with van der Waals surface area (Å²) in [5.74, 6) is 3.51. The normalized spacial score (nSPS) is 11.1. The Morgan fingerprint density at radius 2 is 2.07 bits per heavy atom. The van der Waals surface area contributed by atoms with E-state index in [2.05, 4.69) is 31.9 Å². The summed E-state index contributed by atoms with van der Waals surface area (Å²) in [4.78, 5) is 6.85. The largest absolute Gasteiger partial charge is 0.497 e. The van der Waals surface area contributed by atoms with Gasteiger partial charge < -0.3 is 23.9 Å². The highest BCUT2D eigenvalue weighted by Crippen LogP contribution is 2.12. The molecule has 3 aromatic rings. The number of benzene rings is 1. The number of hydrogen-bond acceptors (Lipinski definition) is 5. The zero-order valence-corrected chi connectivity index (χ0v) is 19.9. The fourth-order valence-corrected chi connectivity index (χ4v) is 2.95. The molecule has 0 saturated carbocycles. The summed E-state index contributed by atoms with van der Waals surface area (Å²) in [6.07, 6.45) is 4.31. The maximum atomic E-state index is 5.48.